The molecule has 0 aromatic carbocycles. The molecule has 5 fully saturated rings. The maximum absolute atomic E-state index is 6.85. The molecule has 1 atom stereocenters. The largest absolute Gasteiger partial charge is 0.355 e. The fourth-order valence-corrected chi connectivity index (χ4v) is 6.30. The minimum Gasteiger partial charge on any atom is -0.355 e. The first-order chi connectivity index (χ1) is 8.80. The van der Waals surface area contributed by atoms with E-state index in [2.05, 4.69) is 16.7 Å². The molecule has 0 N–H and O–H groups in total. The van der Waals surface area contributed by atoms with Crippen LogP contribution < -0.4 is 0 Å². The number of ether oxygens (including phenoxy) is 1. The second-order valence-corrected chi connectivity index (χ2v) is 8.15. The lowest BCUT2D eigenvalue weighted by Gasteiger charge is -2.51. The predicted octanol–water partition coefficient (Wildman–Crippen LogP) is 3.26. The highest BCUT2D eigenvalue weighted by Crippen LogP contribution is 2.55. The van der Waals surface area contributed by atoms with Gasteiger partial charge in [-0.15, -0.1) is 11.8 Å². The monoisotopic (exact) mass is 267 g/mol. The fourth-order valence-electron chi connectivity index (χ4n) is 4.60. The summed E-state index contributed by atoms with van der Waals surface area (Å²) >= 11 is 2.18. The summed E-state index contributed by atoms with van der Waals surface area (Å²) < 4.78 is 6.85. The van der Waals surface area contributed by atoms with E-state index in [1.807, 2.05) is 0 Å². The number of nitrogens with zero attached hydrogens (tertiary/aromatic N) is 1. The maximum atomic E-state index is 6.85. The van der Waals surface area contributed by atoms with Gasteiger partial charge in [-0.1, -0.05) is 12.8 Å². The van der Waals surface area contributed by atoms with Crippen molar-refractivity contribution in [3.05, 3.63) is 0 Å². The lowest BCUT2D eigenvalue weighted by molar-refractivity contribution is -0.169. The Bertz CT molecular complexity index is 318. The number of thioether (sulfide) groups is 1. The predicted molar refractivity (Wildman–Crippen MR) is 75.9 cm³/mol. The Balaban J connectivity index is 1.55. The van der Waals surface area contributed by atoms with Crippen LogP contribution in [0.25, 0.3) is 0 Å². The van der Waals surface area contributed by atoms with Gasteiger partial charge in [0.1, 0.15) is 4.93 Å². The molecule has 4 saturated heterocycles. The molecule has 0 amide bonds. The van der Waals surface area contributed by atoms with E-state index in [-0.39, 0.29) is 10.5 Å². The van der Waals surface area contributed by atoms with E-state index in [0.29, 0.717) is 0 Å². The Hall–Kier alpha value is 0.270. The summed E-state index contributed by atoms with van der Waals surface area (Å²) in [6, 6.07) is 0. The van der Waals surface area contributed by atoms with Gasteiger partial charge in [-0.2, -0.15) is 0 Å². The number of hydrogen-bond donors (Lipinski definition) is 0. The molecule has 2 bridgehead atoms. The van der Waals surface area contributed by atoms with Gasteiger partial charge in [0, 0.05) is 12.3 Å². The summed E-state index contributed by atoms with van der Waals surface area (Å²) in [4.78, 5) is 2.87. The number of rotatable bonds is 0. The average Bonchev–Trinajstić information content (AvgIpc) is 2.60. The maximum Gasteiger partial charge on any atom is 0.114 e. The van der Waals surface area contributed by atoms with Gasteiger partial charge in [0.05, 0.1) is 5.60 Å². The van der Waals surface area contributed by atoms with Crippen molar-refractivity contribution in [2.45, 2.75) is 61.9 Å². The molecule has 5 rings (SSSR count). The second-order valence-electron chi connectivity index (χ2n) is 6.83. The van der Waals surface area contributed by atoms with Crippen molar-refractivity contribution >= 4 is 11.8 Å². The van der Waals surface area contributed by atoms with E-state index in [1.165, 1.54) is 76.8 Å². The third kappa shape index (κ3) is 1.85. The number of fused-ring (bicyclic) bond motifs is 2. The van der Waals surface area contributed by atoms with Gasteiger partial charge in [-0.3, -0.25) is 0 Å². The molecule has 0 aromatic heterocycles. The molecule has 4 heterocycles. The van der Waals surface area contributed by atoms with Crippen molar-refractivity contribution in [3.8, 4) is 0 Å². The summed E-state index contributed by atoms with van der Waals surface area (Å²) in [5.74, 6) is 2.13. The molecule has 0 radical (unpaired) electrons. The molecule has 0 aromatic rings. The van der Waals surface area contributed by atoms with E-state index in [9.17, 15) is 0 Å². The highest BCUT2D eigenvalue weighted by molar-refractivity contribution is 8.00. The van der Waals surface area contributed by atoms with Crippen molar-refractivity contribution in [2.75, 3.05) is 25.4 Å². The third-order valence-corrected chi connectivity index (χ3v) is 7.31. The van der Waals surface area contributed by atoms with Gasteiger partial charge < -0.3 is 9.64 Å². The van der Waals surface area contributed by atoms with Crippen LogP contribution in [-0.4, -0.2) is 40.8 Å². The van der Waals surface area contributed by atoms with Gasteiger partial charge in [0.25, 0.3) is 0 Å². The van der Waals surface area contributed by atoms with Crippen LogP contribution in [0.1, 0.15) is 51.4 Å². The summed E-state index contributed by atoms with van der Waals surface area (Å²) in [6.45, 7) is 3.88. The molecule has 102 valence electrons. The molecule has 18 heavy (non-hydrogen) atoms. The lowest BCUT2D eigenvalue weighted by atomic mass is 9.76. The molecule has 2 spiro atoms. The zero-order chi connectivity index (χ0) is 12.1. The van der Waals surface area contributed by atoms with E-state index < -0.39 is 0 Å². The van der Waals surface area contributed by atoms with Crippen LogP contribution in [0.5, 0.6) is 0 Å². The summed E-state index contributed by atoms with van der Waals surface area (Å²) in [6.07, 6.45) is 11.0. The highest BCUT2D eigenvalue weighted by atomic mass is 32.2. The van der Waals surface area contributed by atoms with Crippen molar-refractivity contribution in [1.82, 2.24) is 4.90 Å². The fraction of sp³-hybridized carbons (Fsp3) is 1.00. The SMILES string of the molecule is C1CCCC2(CC1)OC1(CS2)CN2CCC1CC2. The Labute approximate surface area is 115 Å². The number of piperidine rings is 3. The Morgan fingerprint density at radius 3 is 2.33 bits per heavy atom. The molecule has 5 aliphatic rings. The van der Waals surface area contributed by atoms with Gasteiger partial charge in [0.15, 0.2) is 0 Å². The Kier molecular flexibility index (Phi) is 2.94. The zero-order valence-electron chi connectivity index (χ0n) is 11.3. The van der Waals surface area contributed by atoms with Crippen molar-refractivity contribution in [2.24, 2.45) is 5.92 Å². The van der Waals surface area contributed by atoms with E-state index in [0.717, 1.165) is 5.92 Å². The summed E-state index contributed by atoms with van der Waals surface area (Å²) in [5, 5.41) is 0. The molecule has 4 aliphatic heterocycles. The van der Waals surface area contributed by atoms with Gasteiger partial charge in [-0.05, 0) is 57.5 Å². The van der Waals surface area contributed by atoms with Crippen LogP contribution in [0, 0.1) is 5.92 Å². The van der Waals surface area contributed by atoms with Gasteiger partial charge in [-0.25, -0.2) is 0 Å². The molecule has 1 unspecified atom stereocenters. The smallest absolute Gasteiger partial charge is 0.114 e. The van der Waals surface area contributed by atoms with E-state index in [4.69, 9.17) is 4.74 Å². The number of hydrogen-bond acceptors (Lipinski definition) is 3. The lowest BCUT2D eigenvalue weighted by Crippen LogP contribution is -2.61. The molecule has 1 saturated carbocycles. The first kappa shape index (κ1) is 12.0. The molecular weight excluding hydrogens is 242 g/mol. The van der Waals surface area contributed by atoms with Gasteiger partial charge >= 0.3 is 0 Å². The summed E-state index contributed by atoms with van der Waals surface area (Å²) in [5.41, 5.74) is 0.242. The highest BCUT2D eigenvalue weighted by Gasteiger charge is 2.56. The minimum atomic E-state index is 0.217. The van der Waals surface area contributed by atoms with E-state index in [1.54, 1.807) is 0 Å². The van der Waals surface area contributed by atoms with Crippen molar-refractivity contribution < 1.29 is 4.74 Å². The second kappa shape index (κ2) is 4.39. The first-order valence-electron chi connectivity index (χ1n) is 7.87. The van der Waals surface area contributed by atoms with Crippen LogP contribution in [0.4, 0.5) is 0 Å². The third-order valence-electron chi connectivity index (χ3n) is 5.66. The minimum absolute atomic E-state index is 0.217. The molecular formula is C15H25NOS. The quantitative estimate of drug-likeness (QED) is 0.668. The zero-order valence-corrected chi connectivity index (χ0v) is 12.1. The normalized spacial score (nSPS) is 46.7. The van der Waals surface area contributed by atoms with Crippen LogP contribution in [-0.2, 0) is 4.74 Å². The summed E-state index contributed by atoms with van der Waals surface area (Å²) in [7, 11) is 0. The van der Waals surface area contributed by atoms with Crippen LogP contribution in [0.15, 0.2) is 0 Å². The van der Waals surface area contributed by atoms with Gasteiger partial charge in [0.2, 0.25) is 0 Å². The topological polar surface area (TPSA) is 12.5 Å². The molecule has 1 aliphatic carbocycles. The Morgan fingerprint density at radius 1 is 1.00 bits per heavy atom. The van der Waals surface area contributed by atoms with Crippen molar-refractivity contribution in [3.63, 3.8) is 0 Å². The molecule has 3 heteroatoms. The Morgan fingerprint density at radius 2 is 1.72 bits per heavy atom. The van der Waals surface area contributed by atoms with Crippen LogP contribution in [0.2, 0.25) is 0 Å². The molecule has 2 nitrogen and oxygen atoms in total. The van der Waals surface area contributed by atoms with E-state index >= 15 is 0 Å². The average molecular weight is 267 g/mol. The first-order valence-corrected chi connectivity index (χ1v) is 8.85. The van der Waals surface area contributed by atoms with Crippen molar-refractivity contribution in [1.29, 1.82) is 0 Å². The van der Waals surface area contributed by atoms with Crippen LogP contribution >= 0.6 is 11.8 Å². The van der Waals surface area contributed by atoms with Crippen LogP contribution in [0.3, 0.4) is 0 Å². The standard InChI is InChI=1S/C15H25NOS/c1-2-4-8-15(7-3-1)17-14(12-18-15)11-16-9-5-13(14)6-10-16/h13H,1-12H2.